The van der Waals surface area contributed by atoms with Crippen molar-refractivity contribution in [3.05, 3.63) is 53.9 Å². The molecule has 26 heavy (non-hydrogen) atoms. The Bertz CT molecular complexity index is 844. The number of hydrogen-bond acceptors (Lipinski definition) is 4. The number of benzene rings is 1. The van der Waals surface area contributed by atoms with E-state index in [1.165, 1.54) is 19.2 Å². The van der Waals surface area contributed by atoms with Crippen molar-refractivity contribution in [3.8, 4) is 0 Å². The Labute approximate surface area is 151 Å². The van der Waals surface area contributed by atoms with Gasteiger partial charge in [0.15, 0.2) is 0 Å². The van der Waals surface area contributed by atoms with E-state index in [-0.39, 0.29) is 23.4 Å². The van der Waals surface area contributed by atoms with E-state index in [0.717, 1.165) is 25.9 Å². The van der Waals surface area contributed by atoms with Gasteiger partial charge in [0.25, 0.3) is 11.8 Å². The molecule has 2 aromatic rings. The summed E-state index contributed by atoms with van der Waals surface area (Å²) in [7, 11) is 0. The number of anilines is 2. The zero-order valence-electron chi connectivity index (χ0n) is 14.5. The van der Waals surface area contributed by atoms with E-state index in [1.807, 2.05) is 0 Å². The summed E-state index contributed by atoms with van der Waals surface area (Å²) in [5.74, 6) is -0.680. The van der Waals surface area contributed by atoms with Crippen LogP contribution in [0.3, 0.4) is 0 Å². The van der Waals surface area contributed by atoms with E-state index in [2.05, 4.69) is 15.6 Å². The van der Waals surface area contributed by atoms with E-state index >= 15 is 0 Å². The lowest BCUT2D eigenvalue weighted by molar-refractivity contribution is -0.114. The Morgan fingerprint density at radius 2 is 1.69 bits per heavy atom. The molecule has 1 aliphatic rings. The molecule has 7 heteroatoms. The molecule has 1 aliphatic heterocycles. The van der Waals surface area contributed by atoms with Crippen LogP contribution < -0.4 is 10.6 Å². The molecule has 0 unspecified atom stereocenters. The van der Waals surface area contributed by atoms with Crippen LogP contribution in [0.4, 0.5) is 11.4 Å². The average molecular weight is 352 g/mol. The molecular weight excluding hydrogens is 332 g/mol. The van der Waals surface area contributed by atoms with Crippen LogP contribution in [0.2, 0.25) is 0 Å². The van der Waals surface area contributed by atoms with Gasteiger partial charge in [-0.3, -0.25) is 19.4 Å². The second kappa shape index (κ2) is 7.77. The second-order valence-electron chi connectivity index (χ2n) is 6.15. The topological polar surface area (TPSA) is 91.4 Å². The van der Waals surface area contributed by atoms with Gasteiger partial charge in [0.1, 0.15) is 5.69 Å². The number of carbonyl (C=O) groups is 3. The third-order valence-corrected chi connectivity index (χ3v) is 4.08. The van der Waals surface area contributed by atoms with Gasteiger partial charge in [-0.25, -0.2) is 0 Å². The first kappa shape index (κ1) is 17.6. The SMILES string of the molecule is CC(=O)Nc1cccc(NC(=O)c2ccnc(C(=O)N3CCCC3)c2)c1. The van der Waals surface area contributed by atoms with Gasteiger partial charge in [-0.1, -0.05) is 6.07 Å². The Hall–Kier alpha value is -3.22. The van der Waals surface area contributed by atoms with Crippen molar-refractivity contribution in [1.82, 2.24) is 9.88 Å². The molecule has 0 bridgehead atoms. The highest BCUT2D eigenvalue weighted by molar-refractivity contribution is 6.06. The largest absolute Gasteiger partial charge is 0.337 e. The molecule has 3 rings (SSSR count). The number of hydrogen-bond donors (Lipinski definition) is 2. The predicted molar refractivity (Wildman–Crippen MR) is 98.1 cm³/mol. The third kappa shape index (κ3) is 4.24. The molecule has 2 heterocycles. The average Bonchev–Trinajstić information content (AvgIpc) is 3.15. The van der Waals surface area contributed by atoms with Gasteiger partial charge < -0.3 is 15.5 Å². The van der Waals surface area contributed by atoms with Crippen LogP contribution in [-0.2, 0) is 4.79 Å². The maximum absolute atomic E-state index is 12.5. The monoisotopic (exact) mass is 352 g/mol. The van der Waals surface area contributed by atoms with Gasteiger partial charge in [-0.2, -0.15) is 0 Å². The van der Waals surface area contributed by atoms with Gasteiger partial charge in [0.2, 0.25) is 5.91 Å². The molecule has 0 radical (unpaired) electrons. The zero-order valence-corrected chi connectivity index (χ0v) is 14.5. The Morgan fingerprint density at radius 1 is 1.00 bits per heavy atom. The fourth-order valence-electron chi connectivity index (χ4n) is 2.85. The van der Waals surface area contributed by atoms with E-state index < -0.39 is 0 Å². The number of likely N-dealkylation sites (tertiary alicyclic amines) is 1. The van der Waals surface area contributed by atoms with Crippen molar-refractivity contribution in [3.63, 3.8) is 0 Å². The van der Waals surface area contributed by atoms with Crippen molar-refractivity contribution in [2.75, 3.05) is 23.7 Å². The Kier molecular flexibility index (Phi) is 5.26. The van der Waals surface area contributed by atoms with Gasteiger partial charge >= 0.3 is 0 Å². The highest BCUT2D eigenvalue weighted by atomic mass is 16.2. The summed E-state index contributed by atoms with van der Waals surface area (Å²) in [5.41, 5.74) is 1.76. The molecule has 0 atom stereocenters. The van der Waals surface area contributed by atoms with Crippen LogP contribution in [0.1, 0.15) is 40.6 Å². The molecule has 1 aromatic heterocycles. The zero-order chi connectivity index (χ0) is 18.5. The molecule has 7 nitrogen and oxygen atoms in total. The number of nitrogens with one attached hydrogen (secondary N) is 2. The van der Waals surface area contributed by atoms with Gasteiger partial charge in [0.05, 0.1) is 0 Å². The molecule has 0 spiro atoms. The van der Waals surface area contributed by atoms with Crippen LogP contribution in [0, 0.1) is 0 Å². The number of rotatable bonds is 4. The lowest BCUT2D eigenvalue weighted by Gasteiger charge is -2.14. The normalized spacial score (nSPS) is 13.3. The highest BCUT2D eigenvalue weighted by Gasteiger charge is 2.21. The molecular formula is C19H20N4O3. The summed E-state index contributed by atoms with van der Waals surface area (Å²) in [6.45, 7) is 2.88. The first-order valence-corrected chi connectivity index (χ1v) is 8.47. The van der Waals surface area contributed by atoms with Crippen LogP contribution in [0.5, 0.6) is 0 Å². The molecule has 134 valence electrons. The summed E-state index contributed by atoms with van der Waals surface area (Å²) < 4.78 is 0. The number of amides is 3. The van der Waals surface area contributed by atoms with E-state index in [0.29, 0.717) is 16.9 Å². The van der Waals surface area contributed by atoms with Crippen molar-refractivity contribution in [2.45, 2.75) is 19.8 Å². The maximum atomic E-state index is 12.5. The molecule has 1 aromatic carbocycles. The molecule has 3 amide bonds. The van der Waals surface area contributed by atoms with Crippen LogP contribution in [-0.4, -0.2) is 40.7 Å². The summed E-state index contributed by atoms with van der Waals surface area (Å²) >= 11 is 0. The Balaban J connectivity index is 1.73. The summed E-state index contributed by atoms with van der Waals surface area (Å²) in [6, 6.07) is 9.92. The molecule has 1 fully saturated rings. The van der Waals surface area contributed by atoms with E-state index in [9.17, 15) is 14.4 Å². The number of nitrogens with zero attached hydrogens (tertiary/aromatic N) is 2. The van der Waals surface area contributed by atoms with Crippen LogP contribution >= 0.6 is 0 Å². The molecule has 0 saturated carbocycles. The fraction of sp³-hybridized carbons (Fsp3) is 0.263. The molecule has 1 saturated heterocycles. The predicted octanol–water partition coefficient (Wildman–Crippen LogP) is 2.53. The fourth-order valence-corrected chi connectivity index (χ4v) is 2.85. The van der Waals surface area contributed by atoms with Crippen LogP contribution in [0.25, 0.3) is 0 Å². The van der Waals surface area contributed by atoms with Crippen molar-refractivity contribution in [1.29, 1.82) is 0 Å². The van der Waals surface area contributed by atoms with E-state index in [4.69, 9.17) is 0 Å². The summed E-state index contributed by atoms with van der Waals surface area (Å²) in [5, 5.41) is 5.43. The second-order valence-corrected chi connectivity index (χ2v) is 6.15. The Morgan fingerprint density at radius 3 is 2.38 bits per heavy atom. The highest BCUT2D eigenvalue weighted by Crippen LogP contribution is 2.17. The smallest absolute Gasteiger partial charge is 0.272 e. The van der Waals surface area contributed by atoms with Gasteiger partial charge in [-0.05, 0) is 43.2 Å². The first-order chi connectivity index (χ1) is 12.5. The van der Waals surface area contributed by atoms with Crippen LogP contribution in [0.15, 0.2) is 42.6 Å². The van der Waals surface area contributed by atoms with Gasteiger partial charge in [-0.15, -0.1) is 0 Å². The minimum atomic E-state index is -0.345. The quantitative estimate of drug-likeness (QED) is 0.884. The number of aromatic nitrogens is 1. The van der Waals surface area contributed by atoms with Crippen molar-refractivity contribution >= 4 is 29.1 Å². The maximum Gasteiger partial charge on any atom is 0.272 e. The van der Waals surface area contributed by atoms with E-state index in [1.54, 1.807) is 35.2 Å². The van der Waals surface area contributed by atoms with Gasteiger partial charge in [0, 0.05) is 43.1 Å². The third-order valence-electron chi connectivity index (χ3n) is 4.08. The minimum Gasteiger partial charge on any atom is -0.337 e. The minimum absolute atomic E-state index is 0.148. The lowest BCUT2D eigenvalue weighted by Crippen LogP contribution is -2.28. The van der Waals surface area contributed by atoms with Crippen molar-refractivity contribution in [2.24, 2.45) is 0 Å². The summed E-state index contributed by atoms with van der Waals surface area (Å²) in [4.78, 5) is 41.9. The molecule has 2 N–H and O–H groups in total. The first-order valence-electron chi connectivity index (χ1n) is 8.47. The standard InChI is InChI=1S/C19H20N4O3/c1-13(24)21-15-5-4-6-16(12-15)22-18(25)14-7-8-20-17(11-14)19(26)23-9-2-3-10-23/h4-8,11-12H,2-3,9-10H2,1H3,(H,21,24)(H,22,25). The summed E-state index contributed by atoms with van der Waals surface area (Å²) in [6.07, 6.45) is 3.46. The molecule has 0 aliphatic carbocycles. The number of carbonyl (C=O) groups excluding carboxylic acids is 3. The number of pyridine rings is 1. The lowest BCUT2D eigenvalue weighted by atomic mass is 10.2. The van der Waals surface area contributed by atoms with Crippen molar-refractivity contribution < 1.29 is 14.4 Å².